The number of benzene rings is 1. The first-order chi connectivity index (χ1) is 9.13. The fourth-order valence-electron chi connectivity index (χ4n) is 1.70. The van der Waals surface area contributed by atoms with E-state index in [0.717, 1.165) is 0 Å². The van der Waals surface area contributed by atoms with Crippen molar-refractivity contribution in [3.8, 4) is 0 Å². The van der Waals surface area contributed by atoms with Crippen LogP contribution in [0.3, 0.4) is 0 Å². The van der Waals surface area contributed by atoms with E-state index in [2.05, 4.69) is 4.74 Å². The molecule has 0 amide bonds. The van der Waals surface area contributed by atoms with Crippen LogP contribution in [0.2, 0.25) is 0 Å². The van der Waals surface area contributed by atoms with Crippen LogP contribution in [0.25, 0.3) is 0 Å². The number of rotatable bonds is 7. The molecule has 0 aliphatic carbocycles. The minimum atomic E-state index is -1.33. The maximum atomic E-state index is 11.5. The van der Waals surface area contributed by atoms with Gasteiger partial charge in [0.2, 0.25) is 0 Å². The second kappa shape index (κ2) is 7.34. The lowest BCUT2D eigenvalue weighted by Crippen LogP contribution is -2.27. The van der Waals surface area contributed by atoms with Gasteiger partial charge in [-0.2, -0.15) is 0 Å². The van der Waals surface area contributed by atoms with Crippen molar-refractivity contribution in [2.45, 2.75) is 19.4 Å². The van der Waals surface area contributed by atoms with Crippen LogP contribution in [0.1, 0.15) is 29.8 Å². The van der Waals surface area contributed by atoms with Gasteiger partial charge in [0.15, 0.2) is 0 Å². The fourth-order valence-corrected chi connectivity index (χ4v) is 2.38. The number of carbonyl (C=O) groups excluding carboxylic acids is 1. The molecule has 0 N–H and O–H groups in total. The predicted molar refractivity (Wildman–Crippen MR) is 71.7 cm³/mol. The highest BCUT2D eigenvalue weighted by atomic mass is 31.1. The van der Waals surface area contributed by atoms with Crippen LogP contribution in [-0.2, 0) is 24.3 Å². The Labute approximate surface area is 114 Å². The highest BCUT2D eigenvalue weighted by Gasteiger charge is 2.44. The molecule has 1 unspecified atom stereocenters. The number of ether oxygens (including phenoxy) is 3. The summed E-state index contributed by atoms with van der Waals surface area (Å²) in [6, 6.07) is 6.57. The minimum Gasteiger partial charge on any atom is -0.465 e. The summed E-state index contributed by atoms with van der Waals surface area (Å²) in [5, 5.41) is 0. The number of hydrogen-bond acceptors (Lipinski definition) is 5. The lowest BCUT2D eigenvalue weighted by Gasteiger charge is -2.20. The molecular weight excluding hydrogens is 267 g/mol. The molecule has 5 nitrogen and oxygen atoms in total. The summed E-state index contributed by atoms with van der Waals surface area (Å²) in [7, 11) is 0.463. The standard InChI is InChI=1S/C13H17O5P/c1-4-17-13(19-15,18-5-2)11-8-6-7-10(9-11)12(14)16-3/h6-9H,4-5H2,1-3H3/p+1. The first-order valence-corrected chi connectivity index (χ1v) is 6.90. The van der Waals surface area contributed by atoms with E-state index in [9.17, 15) is 9.36 Å². The third kappa shape index (κ3) is 3.60. The van der Waals surface area contributed by atoms with E-state index in [0.29, 0.717) is 24.3 Å². The smallest absolute Gasteiger partial charge is 0.400 e. The van der Waals surface area contributed by atoms with E-state index < -0.39 is 20.0 Å². The summed E-state index contributed by atoms with van der Waals surface area (Å²) < 4.78 is 27.2. The molecule has 0 bridgehead atoms. The zero-order valence-corrected chi connectivity index (χ0v) is 12.3. The summed E-state index contributed by atoms with van der Waals surface area (Å²) in [6.07, 6.45) is 0. The lowest BCUT2D eigenvalue weighted by atomic mass is 10.1. The Balaban J connectivity index is 3.22. The van der Waals surface area contributed by atoms with Gasteiger partial charge in [-0.25, -0.2) is 4.79 Å². The van der Waals surface area contributed by atoms with Gasteiger partial charge in [0.1, 0.15) is 0 Å². The van der Waals surface area contributed by atoms with Crippen molar-refractivity contribution in [1.82, 2.24) is 0 Å². The van der Waals surface area contributed by atoms with E-state index in [-0.39, 0.29) is 0 Å². The number of methoxy groups -OCH3 is 1. The van der Waals surface area contributed by atoms with Crippen molar-refractivity contribution in [2.75, 3.05) is 20.3 Å². The van der Waals surface area contributed by atoms with Gasteiger partial charge in [-0.3, -0.25) is 0 Å². The number of carbonyl (C=O) groups is 1. The quantitative estimate of drug-likeness (QED) is 0.438. The monoisotopic (exact) mass is 285 g/mol. The van der Waals surface area contributed by atoms with Gasteiger partial charge in [0.05, 0.1) is 31.5 Å². The van der Waals surface area contributed by atoms with Crippen molar-refractivity contribution >= 4 is 14.4 Å². The maximum Gasteiger partial charge on any atom is 0.400 e. The third-order valence-electron chi connectivity index (χ3n) is 2.49. The van der Waals surface area contributed by atoms with Crippen LogP contribution in [0.5, 0.6) is 0 Å². The van der Waals surface area contributed by atoms with Crippen LogP contribution in [0, 0.1) is 0 Å². The molecule has 1 atom stereocenters. The topological polar surface area (TPSA) is 61.8 Å². The zero-order chi connectivity index (χ0) is 14.3. The molecule has 0 saturated heterocycles. The van der Waals surface area contributed by atoms with Gasteiger partial charge < -0.3 is 14.2 Å². The number of esters is 1. The second-order valence-corrected chi connectivity index (χ2v) is 4.52. The van der Waals surface area contributed by atoms with Crippen LogP contribution in [0.15, 0.2) is 24.3 Å². The summed E-state index contributed by atoms with van der Waals surface area (Å²) in [5.74, 6) is -0.460. The molecule has 0 fully saturated rings. The third-order valence-corrected chi connectivity index (χ3v) is 3.34. The molecule has 0 aliphatic heterocycles. The van der Waals surface area contributed by atoms with Crippen LogP contribution >= 0.6 is 8.46 Å². The van der Waals surface area contributed by atoms with Gasteiger partial charge in [0.25, 0.3) is 0 Å². The van der Waals surface area contributed by atoms with Crippen LogP contribution in [-0.4, -0.2) is 26.3 Å². The second-order valence-electron chi connectivity index (χ2n) is 3.66. The molecule has 0 saturated carbocycles. The Bertz CT molecular complexity index is 440. The maximum absolute atomic E-state index is 11.5. The highest BCUT2D eigenvalue weighted by Crippen LogP contribution is 2.38. The van der Waals surface area contributed by atoms with Crippen molar-refractivity contribution < 1.29 is 23.6 Å². The normalized spacial score (nSPS) is 11.5. The molecule has 0 radical (unpaired) electrons. The largest absolute Gasteiger partial charge is 0.465 e. The Morgan fingerprint density at radius 1 is 1.26 bits per heavy atom. The van der Waals surface area contributed by atoms with Gasteiger partial charge in [-0.1, -0.05) is 10.6 Å². The Morgan fingerprint density at radius 2 is 1.89 bits per heavy atom. The van der Waals surface area contributed by atoms with Crippen molar-refractivity contribution in [3.63, 3.8) is 0 Å². The molecule has 6 heteroatoms. The lowest BCUT2D eigenvalue weighted by molar-refractivity contribution is -0.176. The molecule has 0 aromatic heterocycles. The van der Waals surface area contributed by atoms with E-state index in [1.165, 1.54) is 7.11 Å². The molecule has 19 heavy (non-hydrogen) atoms. The Morgan fingerprint density at radius 3 is 2.37 bits per heavy atom. The molecular formula is C13H18O5P+. The molecule has 0 aliphatic rings. The van der Waals surface area contributed by atoms with E-state index in [4.69, 9.17) is 9.47 Å². The molecule has 0 spiro atoms. The first kappa shape index (κ1) is 15.8. The van der Waals surface area contributed by atoms with Crippen molar-refractivity contribution in [1.29, 1.82) is 0 Å². The Hall–Kier alpha value is -1.29. The SMILES string of the molecule is CCOC(OCC)([PH+]=O)c1cccc(C(=O)OC)c1. The summed E-state index contributed by atoms with van der Waals surface area (Å²) >= 11 is 0. The molecule has 104 valence electrons. The molecule has 1 aromatic rings. The van der Waals surface area contributed by atoms with Gasteiger partial charge in [0, 0.05) is 0 Å². The first-order valence-electron chi connectivity index (χ1n) is 5.99. The predicted octanol–water partition coefficient (Wildman–Crippen LogP) is 2.68. The van der Waals surface area contributed by atoms with E-state index in [1.54, 1.807) is 38.1 Å². The van der Waals surface area contributed by atoms with E-state index in [1.807, 2.05) is 0 Å². The fraction of sp³-hybridized carbons (Fsp3) is 0.462. The Kier molecular flexibility index (Phi) is 6.09. The van der Waals surface area contributed by atoms with E-state index >= 15 is 0 Å². The molecule has 1 aromatic carbocycles. The highest BCUT2D eigenvalue weighted by molar-refractivity contribution is 7.24. The molecule has 0 heterocycles. The average Bonchev–Trinajstić information content (AvgIpc) is 2.46. The van der Waals surface area contributed by atoms with Gasteiger partial charge >= 0.3 is 20.0 Å². The average molecular weight is 285 g/mol. The zero-order valence-electron chi connectivity index (χ0n) is 11.3. The minimum absolute atomic E-state index is 0.345. The number of hydrogen-bond donors (Lipinski definition) is 0. The summed E-state index contributed by atoms with van der Waals surface area (Å²) in [6.45, 7) is 4.27. The summed E-state index contributed by atoms with van der Waals surface area (Å²) in [5.41, 5.74) is -0.428. The summed E-state index contributed by atoms with van der Waals surface area (Å²) in [4.78, 5) is 11.5. The van der Waals surface area contributed by atoms with Gasteiger partial charge in [-0.15, -0.1) is 0 Å². The van der Waals surface area contributed by atoms with Crippen molar-refractivity contribution in [2.24, 2.45) is 0 Å². The van der Waals surface area contributed by atoms with Crippen LogP contribution in [0.4, 0.5) is 0 Å². The van der Waals surface area contributed by atoms with Gasteiger partial charge in [-0.05, 0) is 32.0 Å². The van der Waals surface area contributed by atoms with Crippen molar-refractivity contribution in [3.05, 3.63) is 35.4 Å². The molecule has 1 rings (SSSR count). The van der Waals surface area contributed by atoms with Crippen LogP contribution < -0.4 is 0 Å².